The average molecular weight is 211 g/mol. The Morgan fingerprint density at radius 2 is 1.80 bits per heavy atom. The average Bonchev–Trinajstić information content (AvgIpc) is 2.49. The zero-order valence-electron chi connectivity index (χ0n) is 9.90. The third kappa shape index (κ3) is 1.84. The van der Waals surface area contributed by atoms with Crippen molar-refractivity contribution in [2.45, 2.75) is 26.7 Å². The van der Waals surface area contributed by atoms with E-state index < -0.39 is 0 Å². The van der Waals surface area contributed by atoms with Gasteiger partial charge in [0.15, 0.2) is 0 Å². The van der Waals surface area contributed by atoms with Gasteiger partial charge in [0.1, 0.15) is 0 Å². The van der Waals surface area contributed by atoms with Crippen LogP contribution in [0.2, 0.25) is 0 Å². The molecule has 3 heteroatoms. The molecule has 0 N–H and O–H groups in total. The van der Waals surface area contributed by atoms with Crippen molar-refractivity contribution in [2.24, 2.45) is 23.7 Å². The summed E-state index contributed by atoms with van der Waals surface area (Å²) in [6.45, 7) is 6.44. The molecule has 15 heavy (non-hydrogen) atoms. The Bertz CT molecular complexity index is 238. The third-order valence-electron chi connectivity index (χ3n) is 4.11. The van der Waals surface area contributed by atoms with Gasteiger partial charge < -0.3 is 9.64 Å². The molecule has 1 saturated heterocycles. The molecular weight excluding hydrogens is 190 g/mol. The van der Waals surface area contributed by atoms with Crippen LogP contribution in [0.5, 0.6) is 0 Å². The second-order valence-electron chi connectivity index (χ2n) is 5.29. The van der Waals surface area contributed by atoms with Crippen LogP contribution in [0.1, 0.15) is 26.7 Å². The molecule has 1 amide bonds. The summed E-state index contributed by atoms with van der Waals surface area (Å²) < 4.78 is 4.80. The van der Waals surface area contributed by atoms with Crippen molar-refractivity contribution in [1.82, 2.24) is 4.90 Å². The number of fused-ring (bicyclic) bond motifs is 2. The lowest BCUT2D eigenvalue weighted by molar-refractivity contribution is 0.0632. The van der Waals surface area contributed by atoms with Crippen molar-refractivity contribution in [3.05, 3.63) is 0 Å². The smallest absolute Gasteiger partial charge is 0.409 e. The Kier molecular flexibility index (Phi) is 2.89. The zero-order chi connectivity index (χ0) is 11.0. The van der Waals surface area contributed by atoms with E-state index >= 15 is 0 Å². The molecule has 0 aromatic carbocycles. The lowest BCUT2D eigenvalue weighted by Crippen LogP contribution is -2.46. The van der Waals surface area contributed by atoms with Gasteiger partial charge in [0.25, 0.3) is 0 Å². The van der Waals surface area contributed by atoms with Gasteiger partial charge in [0.05, 0.1) is 7.11 Å². The largest absolute Gasteiger partial charge is 0.453 e. The normalized spacial score (nSPS) is 34.7. The molecular formula is C12H21NO2. The Labute approximate surface area is 91.8 Å². The highest BCUT2D eigenvalue weighted by molar-refractivity contribution is 5.67. The third-order valence-corrected chi connectivity index (χ3v) is 4.11. The first-order valence-electron chi connectivity index (χ1n) is 5.96. The second kappa shape index (κ2) is 4.03. The molecule has 2 atom stereocenters. The number of carbonyl (C=O) groups is 1. The molecule has 0 aromatic heterocycles. The first-order chi connectivity index (χ1) is 7.13. The molecule has 1 aliphatic carbocycles. The van der Waals surface area contributed by atoms with Crippen LogP contribution in [0, 0.1) is 23.7 Å². The first-order valence-corrected chi connectivity index (χ1v) is 5.96. The van der Waals surface area contributed by atoms with Crippen molar-refractivity contribution in [2.75, 3.05) is 20.2 Å². The SMILES string of the molecule is COC(=O)N1CC2CCC(C1)C2C(C)C. The predicted octanol–water partition coefficient (Wildman–Crippen LogP) is 2.37. The highest BCUT2D eigenvalue weighted by Gasteiger charge is 2.44. The topological polar surface area (TPSA) is 29.5 Å². The van der Waals surface area contributed by atoms with E-state index in [1.54, 1.807) is 0 Å². The van der Waals surface area contributed by atoms with Gasteiger partial charge in [-0.25, -0.2) is 4.79 Å². The number of methoxy groups -OCH3 is 1. The minimum absolute atomic E-state index is 0.144. The maximum absolute atomic E-state index is 11.5. The molecule has 1 aliphatic heterocycles. The minimum atomic E-state index is -0.144. The zero-order valence-corrected chi connectivity index (χ0v) is 9.90. The summed E-state index contributed by atoms with van der Waals surface area (Å²) in [4.78, 5) is 13.4. The van der Waals surface area contributed by atoms with Crippen molar-refractivity contribution < 1.29 is 9.53 Å². The number of amides is 1. The van der Waals surface area contributed by atoms with Gasteiger partial charge in [-0.15, -0.1) is 0 Å². The first kappa shape index (κ1) is 10.8. The van der Waals surface area contributed by atoms with Crippen LogP contribution in [-0.4, -0.2) is 31.2 Å². The van der Waals surface area contributed by atoms with Crippen molar-refractivity contribution in [3.8, 4) is 0 Å². The van der Waals surface area contributed by atoms with Gasteiger partial charge in [-0.3, -0.25) is 0 Å². The number of carbonyl (C=O) groups excluding carboxylic acids is 1. The molecule has 2 bridgehead atoms. The molecule has 2 unspecified atom stereocenters. The minimum Gasteiger partial charge on any atom is -0.453 e. The lowest BCUT2D eigenvalue weighted by Gasteiger charge is -2.39. The Morgan fingerprint density at radius 1 is 1.27 bits per heavy atom. The number of rotatable bonds is 1. The van der Waals surface area contributed by atoms with Crippen molar-refractivity contribution in [3.63, 3.8) is 0 Å². The number of nitrogens with zero attached hydrogens (tertiary/aromatic N) is 1. The van der Waals surface area contributed by atoms with Crippen LogP contribution in [0.3, 0.4) is 0 Å². The van der Waals surface area contributed by atoms with E-state index in [0.29, 0.717) is 11.8 Å². The van der Waals surface area contributed by atoms with Gasteiger partial charge in [-0.2, -0.15) is 0 Å². The summed E-state index contributed by atoms with van der Waals surface area (Å²) in [5.41, 5.74) is 0. The van der Waals surface area contributed by atoms with Crippen LogP contribution in [0.15, 0.2) is 0 Å². The maximum atomic E-state index is 11.5. The van der Waals surface area contributed by atoms with Gasteiger partial charge in [0.2, 0.25) is 0 Å². The van der Waals surface area contributed by atoms with Gasteiger partial charge in [0, 0.05) is 13.1 Å². The molecule has 1 heterocycles. The van der Waals surface area contributed by atoms with E-state index in [9.17, 15) is 4.79 Å². The van der Waals surface area contributed by atoms with Crippen molar-refractivity contribution in [1.29, 1.82) is 0 Å². The van der Waals surface area contributed by atoms with Crippen LogP contribution in [0.4, 0.5) is 4.79 Å². The van der Waals surface area contributed by atoms with E-state index in [1.165, 1.54) is 20.0 Å². The van der Waals surface area contributed by atoms with E-state index in [4.69, 9.17) is 4.74 Å². The lowest BCUT2D eigenvalue weighted by atomic mass is 9.78. The summed E-state index contributed by atoms with van der Waals surface area (Å²) in [6.07, 6.45) is 2.44. The summed E-state index contributed by atoms with van der Waals surface area (Å²) in [7, 11) is 1.47. The molecule has 86 valence electrons. The van der Waals surface area contributed by atoms with Crippen LogP contribution >= 0.6 is 0 Å². The number of hydrogen-bond donors (Lipinski definition) is 0. The summed E-state index contributed by atoms with van der Waals surface area (Å²) in [5.74, 6) is 3.00. The van der Waals surface area contributed by atoms with Crippen LogP contribution in [-0.2, 0) is 4.74 Å². The van der Waals surface area contributed by atoms with Gasteiger partial charge >= 0.3 is 6.09 Å². The number of hydrogen-bond acceptors (Lipinski definition) is 2. The standard InChI is InChI=1S/C12H21NO2/c1-8(2)11-9-4-5-10(11)7-13(6-9)12(14)15-3/h8-11H,4-7H2,1-3H3. The molecule has 2 aliphatic rings. The molecule has 0 radical (unpaired) electrons. The summed E-state index contributed by atoms with van der Waals surface area (Å²) >= 11 is 0. The van der Waals surface area contributed by atoms with Gasteiger partial charge in [-0.1, -0.05) is 13.8 Å². The highest BCUT2D eigenvalue weighted by Crippen LogP contribution is 2.45. The fraction of sp³-hybridized carbons (Fsp3) is 0.917. The van der Waals surface area contributed by atoms with E-state index in [0.717, 1.165) is 24.9 Å². The Hall–Kier alpha value is -0.730. The van der Waals surface area contributed by atoms with E-state index in [2.05, 4.69) is 13.8 Å². The summed E-state index contributed by atoms with van der Waals surface area (Å²) in [5, 5.41) is 0. The van der Waals surface area contributed by atoms with Crippen molar-refractivity contribution >= 4 is 6.09 Å². The number of likely N-dealkylation sites (tertiary alicyclic amines) is 1. The summed E-state index contributed by atoms with van der Waals surface area (Å²) in [6, 6.07) is 0. The molecule has 3 nitrogen and oxygen atoms in total. The Morgan fingerprint density at radius 3 is 2.20 bits per heavy atom. The molecule has 1 saturated carbocycles. The fourth-order valence-corrected chi connectivity index (χ4v) is 3.63. The fourth-order valence-electron chi connectivity index (χ4n) is 3.63. The van der Waals surface area contributed by atoms with Crippen LogP contribution < -0.4 is 0 Å². The molecule has 0 spiro atoms. The van der Waals surface area contributed by atoms with E-state index in [1.807, 2.05) is 4.90 Å². The molecule has 0 aromatic rings. The highest BCUT2D eigenvalue weighted by atomic mass is 16.5. The second-order valence-corrected chi connectivity index (χ2v) is 5.29. The van der Waals surface area contributed by atoms with Crippen LogP contribution in [0.25, 0.3) is 0 Å². The van der Waals surface area contributed by atoms with E-state index in [-0.39, 0.29) is 6.09 Å². The monoisotopic (exact) mass is 211 g/mol. The Balaban J connectivity index is 2.05. The quantitative estimate of drug-likeness (QED) is 0.666. The number of ether oxygens (including phenoxy) is 1. The maximum Gasteiger partial charge on any atom is 0.409 e. The molecule has 2 fully saturated rings. The predicted molar refractivity (Wildman–Crippen MR) is 58.5 cm³/mol. The molecule has 2 rings (SSSR count). The van der Waals surface area contributed by atoms with Gasteiger partial charge in [-0.05, 0) is 36.5 Å². The number of piperidine rings is 1.